The predicted octanol–water partition coefficient (Wildman–Crippen LogP) is 3.63. The molecule has 8 heteroatoms. The van der Waals surface area contributed by atoms with Gasteiger partial charge in [-0.2, -0.15) is 0 Å². The van der Waals surface area contributed by atoms with Crippen molar-refractivity contribution in [1.29, 1.82) is 0 Å². The van der Waals surface area contributed by atoms with Crippen molar-refractivity contribution in [2.24, 2.45) is 0 Å². The molecule has 0 atom stereocenters. The molecular weight excluding hydrogens is 371 g/mol. The zero-order valence-corrected chi connectivity index (χ0v) is 16.2. The highest BCUT2D eigenvalue weighted by molar-refractivity contribution is 7.92. The molecule has 0 unspecified atom stereocenters. The van der Waals surface area contributed by atoms with E-state index in [-0.39, 0.29) is 16.3 Å². The zero-order chi connectivity index (χ0) is 19.4. The third kappa shape index (κ3) is 4.27. The zero-order valence-electron chi connectivity index (χ0n) is 15.4. The lowest BCUT2D eigenvalue weighted by Crippen LogP contribution is -2.29. The van der Waals surface area contributed by atoms with Crippen molar-refractivity contribution in [1.82, 2.24) is 0 Å². The fourth-order valence-corrected chi connectivity index (χ4v) is 4.20. The number of hydrogen-bond donors (Lipinski definition) is 1. The summed E-state index contributed by atoms with van der Waals surface area (Å²) >= 11 is 0. The van der Waals surface area contributed by atoms with Crippen LogP contribution in [0.2, 0.25) is 0 Å². The Bertz CT molecular complexity index is 912. The summed E-state index contributed by atoms with van der Waals surface area (Å²) in [5.74, 6) is 0.0671. The van der Waals surface area contributed by atoms with Gasteiger partial charge in [0.1, 0.15) is 5.82 Å². The fourth-order valence-electron chi connectivity index (χ4n) is 3.13. The number of piperidine rings is 1. The molecule has 2 aromatic carbocycles. The van der Waals surface area contributed by atoms with E-state index >= 15 is 0 Å². The topological polar surface area (TPSA) is 67.9 Å². The Morgan fingerprint density at radius 3 is 2.33 bits per heavy atom. The molecule has 1 aliphatic rings. The van der Waals surface area contributed by atoms with Gasteiger partial charge in [0.05, 0.1) is 24.8 Å². The minimum absolute atomic E-state index is 0.0390. The van der Waals surface area contributed by atoms with Crippen LogP contribution in [0.15, 0.2) is 41.3 Å². The van der Waals surface area contributed by atoms with E-state index in [2.05, 4.69) is 9.62 Å². The van der Waals surface area contributed by atoms with Gasteiger partial charge in [-0.25, -0.2) is 12.8 Å². The highest BCUT2D eigenvalue weighted by Crippen LogP contribution is 2.31. The van der Waals surface area contributed by atoms with Crippen molar-refractivity contribution in [2.45, 2.75) is 24.2 Å². The number of rotatable bonds is 6. The van der Waals surface area contributed by atoms with E-state index in [1.165, 1.54) is 44.9 Å². The van der Waals surface area contributed by atoms with Crippen LogP contribution in [0.1, 0.15) is 19.3 Å². The molecule has 1 heterocycles. The van der Waals surface area contributed by atoms with Gasteiger partial charge in [-0.1, -0.05) is 0 Å². The van der Waals surface area contributed by atoms with Crippen molar-refractivity contribution in [3.63, 3.8) is 0 Å². The first-order valence-electron chi connectivity index (χ1n) is 8.74. The Labute approximate surface area is 159 Å². The van der Waals surface area contributed by atoms with E-state index in [0.717, 1.165) is 31.6 Å². The van der Waals surface area contributed by atoms with Crippen LogP contribution in [-0.4, -0.2) is 35.7 Å². The molecule has 1 aliphatic heterocycles. The second-order valence-electron chi connectivity index (χ2n) is 6.33. The molecule has 0 amide bonds. The molecule has 1 fully saturated rings. The van der Waals surface area contributed by atoms with Gasteiger partial charge in [-0.05, 0) is 49.6 Å². The molecule has 2 aromatic rings. The van der Waals surface area contributed by atoms with Gasteiger partial charge in [0, 0.05) is 24.8 Å². The summed E-state index contributed by atoms with van der Waals surface area (Å²) < 4.78 is 52.3. The number of hydrogen-bond acceptors (Lipinski definition) is 5. The van der Waals surface area contributed by atoms with E-state index in [9.17, 15) is 12.8 Å². The van der Waals surface area contributed by atoms with Gasteiger partial charge in [0.2, 0.25) is 0 Å². The molecule has 0 bridgehead atoms. The lowest BCUT2D eigenvalue weighted by Gasteiger charge is -2.29. The second-order valence-corrected chi connectivity index (χ2v) is 8.02. The first kappa shape index (κ1) is 19.3. The van der Waals surface area contributed by atoms with E-state index in [0.29, 0.717) is 5.75 Å². The van der Waals surface area contributed by atoms with Crippen LogP contribution in [0.25, 0.3) is 0 Å². The van der Waals surface area contributed by atoms with Crippen molar-refractivity contribution in [3.8, 4) is 11.5 Å². The molecule has 0 radical (unpaired) electrons. The van der Waals surface area contributed by atoms with Gasteiger partial charge >= 0.3 is 0 Å². The van der Waals surface area contributed by atoms with Crippen LogP contribution in [-0.2, 0) is 10.0 Å². The van der Waals surface area contributed by atoms with Crippen molar-refractivity contribution < 1.29 is 22.3 Å². The van der Waals surface area contributed by atoms with Crippen LogP contribution in [0, 0.1) is 5.82 Å². The number of ether oxygens (including phenoxy) is 2. The van der Waals surface area contributed by atoms with Crippen LogP contribution in [0.4, 0.5) is 15.8 Å². The number of halogens is 1. The molecule has 3 rings (SSSR count). The maximum absolute atomic E-state index is 14.3. The average molecular weight is 394 g/mol. The Balaban J connectivity index is 1.89. The number of sulfonamides is 1. The minimum atomic E-state index is -3.98. The number of methoxy groups -OCH3 is 2. The smallest absolute Gasteiger partial charge is 0.262 e. The predicted molar refractivity (Wildman–Crippen MR) is 103 cm³/mol. The van der Waals surface area contributed by atoms with Crippen molar-refractivity contribution in [3.05, 3.63) is 42.2 Å². The van der Waals surface area contributed by atoms with E-state index in [1.807, 2.05) is 0 Å². The second kappa shape index (κ2) is 8.04. The van der Waals surface area contributed by atoms with E-state index in [4.69, 9.17) is 9.47 Å². The monoisotopic (exact) mass is 394 g/mol. The maximum atomic E-state index is 14.3. The van der Waals surface area contributed by atoms with Crippen LogP contribution in [0.5, 0.6) is 11.5 Å². The fraction of sp³-hybridized carbons (Fsp3) is 0.368. The Hall–Kier alpha value is -2.48. The third-order valence-electron chi connectivity index (χ3n) is 4.58. The molecular formula is C19H23FN2O4S. The highest BCUT2D eigenvalue weighted by atomic mass is 32.2. The summed E-state index contributed by atoms with van der Waals surface area (Å²) in [5, 5.41) is 0. The molecule has 0 aromatic heterocycles. The number of nitrogens with one attached hydrogen (secondary N) is 1. The maximum Gasteiger partial charge on any atom is 0.262 e. The molecule has 27 heavy (non-hydrogen) atoms. The molecule has 0 saturated carbocycles. The van der Waals surface area contributed by atoms with Gasteiger partial charge in [-0.3, -0.25) is 4.72 Å². The van der Waals surface area contributed by atoms with Crippen molar-refractivity contribution in [2.75, 3.05) is 36.9 Å². The molecule has 1 N–H and O–H groups in total. The molecule has 146 valence electrons. The van der Waals surface area contributed by atoms with Crippen molar-refractivity contribution >= 4 is 21.4 Å². The summed E-state index contributed by atoms with van der Waals surface area (Å²) in [6, 6.07) is 8.72. The molecule has 0 spiro atoms. The van der Waals surface area contributed by atoms with Crippen LogP contribution < -0.4 is 19.1 Å². The number of nitrogens with zero attached hydrogens (tertiary/aromatic N) is 1. The van der Waals surface area contributed by atoms with Gasteiger partial charge < -0.3 is 14.4 Å². The number of anilines is 2. The summed E-state index contributed by atoms with van der Waals surface area (Å²) in [5.41, 5.74) is 0.731. The Morgan fingerprint density at radius 2 is 1.67 bits per heavy atom. The molecule has 0 aliphatic carbocycles. The van der Waals surface area contributed by atoms with Gasteiger partial charge in [0.15, 0.2) is 11.5 Å². The lowest BCUT2D eigenvalue weighted by molar-refractivity contribution is 0.354. The third-order valence-corrected chi connectivity index (χ3v) is 5.94. The average Bonchev–Trinajstić information content (AvgIpc) is 2.69. The standard InChI is InChI=1S/C19H23FN2O4S/c1-25-18-9-7-15(13-19(18)26-2)27(23,24)21-17-12-14(6-8-16(17)20)22-10-4-3-5-11-22/h6-9,12-13,21H,3-5,10-11H2,1-2H3. The summed E-state index contributed by atoms with van der Waals surface area (Å²) in [6.07, 6.45) is 3.32. The lowest BCUT2D eigenvalue weighted by atomic mass is 10.1. The van der Waals surface area contributed by atoms with E-state index < -0.39 is 15.8 Å². The highest BCUT2D eigenvalue weighted by Gasteiger charge is 2.20. The van der Waals surface area contributed by atoms with E-state index in [1.54, 1.807) is 12.1 Å². The summed E-state index contributed by atoms with van der Waals surface area (Å²) in [4.78, 5) is 2.10. The van der Waals surface area contributed by atoms with Gasteiger partial charge in [0.25, 0.3) is 10.0 Å². The SMILES string of the molecule is COc1ccc(S(=O)(=O)Nc2cc(N3CCCCC3)ccc2F)cc1OC. The molecule has 6 nitrogen and oxygen atoms in total. The first-order chi connectivity index (χ1) is 12.9. The normalized spacial score (nSPS) is 14.7. The minimum Gasteiger partial charge on any atom is -0.493 e. The van der Waals surface area contributed by atoms with Gasteiger partial charge in [-0.15, -0.1) is 0 Å². The number of benzene rings is 2. The molecule has 1 saturated heterocycles. The van der Waals surface area contributed by atoms with Crippen LogP contribution in [0.3, 0.4) is 0 Å². The van der Waals surface area contributed by atoms with Crippen LogP contribution >= 0.6 is 0 Å². The Morgan fingerprint density at radius 1 is 0.963 bits per heavy atom. The summed E-state index contributed by atoms with van der Waals surface area (Å²) in [7, 11) is -1.10. The quantitative estimate of drug-likeness (QED) is 0.810. The largest absolute Gasteiger partial charge is 0.493 e. The summed E-state index contributed by atoms with van der Waals surface area (Å²) in [6.45, 7) is 1.76. The Kier molecular flexibility index (Phi) is 5.74. The first-order valence-corrected chi connectivity index (χ1v) is 10.2.